The van der Waals surface area contributed by atoms with Gasteiger partial charge in [-0.15, -0.1) is 0 Å². The standard InChI is InChI=1S/C16H25N3O/c1-4-17-15-7-5-6-14(18-15)16(20)19(13-8-9-13)11-10-12(2)3/h5-7,12-13H,4,8-11H2,1-3H3,(H,17,18). The third-order valence-corrected chi connectivity index (χ3v) is 3.52. The number of amides is 1. The van der Waals surface area contributed by atoms with E-state index in [1.54, 1.807) is 0 Å². The summed E-state index contributed by atoms with van der Waals surface area (Å²) in [4.78, 5) is 19.1. The minimum atomic E-state index is 0.0768. The van der Waals surface area contributed by atoms with Crippen LogP contribution in [0.3, 0.4) is 0 Å². The van der Waals surface area contributed by atoms with Gasteiger partial charge in [0.05, 0.1) is 0 Å². The molecule has 0 radical (unpaired) electrons. The molecule has 1 amide bonds. The number of carbonyl (C=O) groups excluding carboxylic acids is 1. The van der Waals surface area contributed by atoms with Gasteiger partial charge in [-0.1, -0.05) is 19.9 Å². The molecule has 110 valence electrons. The molecule has 0 aromatic carbocycles. The number of pyridine rings is 1. The number of hydrogen-bond donors (Lipinski definition) is 1. The number of nitrogens with one attached hydrogen (secondary N) is 1. The molecule has 1 fully saturated rings. The van der Waals surface area contributed by atoms with Crippen LogP contribution in [0, 0.1) is 5.92 Å². The van der Waals surface area contributed by atoms with Crippen molar-refractivity contribution in [1.29, 1.82) is 0 Å². The number of hydrogen-bond acceptors (Lipinski definition) is 3. The SMILES string of the molecule is CCNc1cccc(C(=O)N(CCC(C)C)C2CC2)n1. The Labute approximate surface area is 121 Å². The van der Waals surface area contributed by atoms with Gasteiger partial charge < -0.3 is 10.2 Å². The Morgan fingerprint density at radius 3 is 2.80 bits per heavy atom. The third-order valence-electron chi connectivity index (χ3n) is 3.52. The third kappa shape index (κ3) is 3.95. The van der Waals surface area contributed by atoms with Crippen LogP contribution < -0.4 is 5.32 Å². The summed E-state index contributed by atoms with van der Waals surface area (Å²) in [6, 6.07) is 6.04. The van der Waals surface area contributed by atoms with Crippen LogP contribution in [0.4, 0.5) is 5.82 Å². The first-order valence-corrected chi connectivity index (χ1v) is 7.63. The first-order chi connectivity index (χ1) is 9.61. The monoisotopic (exact) mass is 275 g/mol. The lowest BCUT2D eigenvalue weighted by molar-refractivity contribution is 0.0729. The van der Waals surface area contributed by atoms with Crippen molar-refractivity contribution in [2.24, 2.45) is 5.92 Å². The smallest absolute Gasteiger partial charge is 0.272 e. The molecule has 4 nitrogen and oxygen atoms in total. The minimum absolute atomic E-state index is 0.0768. The number of anilines is 1. The quantitative estimate of drug-likeness (QED) is 0.831. The van der Waals surface area contributed by atoms with Crippen LogP contribution in [0.5, 0.6) is 0 Å². The van der Waals surface area contributed by atoms with Crippen LogP contribution in [0.1, 0.15) is 50.5 Å². The van der Waals surface area contributed by atoms with E-state index in [-0.39, 0.29) is 5.91 Å². The normalized spacial score (nSPS) is 14.4. The Hall–Kier alpha value is -1.58. The van der Waals surface area contributed by atoms with E-state index in [9.17, 15) is 4.79 Å². The van der Waals surface area contributed by atoms with Crippen LogP contribution in [0.15, 0.2) is 18.2 Å². The number of nitrogens with zero attached hydrogens (tertiary/aromatic N) is 2. The summed E-state index contributed by atoms with van der Waals surface area (Å²) < 4.78 is 0. The molecule has 0 unspecified atom stereocenters. The van der Waals surface area contributed by atoms with Crippen molar-refractivity contribution >= 4 is 11.7 Å². The summed E-state index contributed by atoms with van der Waals surface area (Å²) in [6.07, 6.45) is 3.32. The average Bonchev–Trinajstić information content (AvgIpc) is 3.24. The van der Waals surface area contributed by atoms with Crippen molar-refractivity contribution < 1.29 is 4.79 Å². The van der Waals surface area contributed by atoms with Crippen LogP contribution >= 0.6 is 0 Å². The summed E-state index contributed by atoms with van der Waals surface area (Å²) in [6.45, 7) is 8.06. The van der Waals surface area contributed by atoms with Gasteiger partial charge in [0.2, 0.25) is 0 Å². The number of rotatable bonds is 7. The van der Waals surface area contributed by atoms with E-state index in [1.165, 1.54) is 0 Å². The second-order valence-corrected chi connectivity index (χ2v) is 5.85. The molecular formula is C16H25N3O. The summed E-state index contributed by atoms with van der Waals surface area (Å²) in [7, 11) is 0. The Morgan fingerprint density at radius 2 is 2.20 bits per heavy atom. The molecule has 1 saturated carbocycles. The lowest BCUT2D eigenvalue weighted by atomic mass is 10.1. The van der Waals surface area contributed by atoms with E-state index < -0.39 is 0 Å². The summed E-state index contributed by atoms with van der Waals surface area (Å²) in [5.74, 6) is 1.47. The van der Waals surface area contributed by atoms with Crippen molar-refractivity contribution in [2.75, 3.05) is 18.4 Å². The van der Waals surface area contributed by atoms with Gasteiger partial charge in [-0.2, -0.15) is 0 Å². The zero-order valence-electron chi connectivity index (χ0n) is 12.7. The second-order valence-electron chi connectivity index (χ2n) is 5.85. The second kappa shape index (κ2) is 6.73. The predicted molar refractivity (Wildman–Crippen MR) is 81.9 cm³/mol. The van der Waals surface area contributed by atoms with Gasteiger partial charge in [0.15, 0.2) is 0 Å². The topological polar surface area (TPSA) is 45.2 Å². The predicted octanol–water partition coefficient (Wildman–Crippen LogP) is 3.16. The van der Waals surface area contributed by atoms with Crippen molar-refractivity contribution in [1.82, 2.24) is 9.88 Å². The fraction of sp³-hybridized carbons (Fsp3) is 0.625. The zero-order valence-corrected chi connectivity index (χ0v) is 12.7. The van der Waals surface area contributed by atoms with E-state index >= 15 is 0 Å². The molecule has 0 spiro atoms. The number of aromatic nitrogens is 1. The van der Waals surface area contributed by atoms with E-state index in [2.05, 4.69) is 24.1 Å². The fourth-order valence-electron chi connectivity index (χ4n) is 2.21. The summed E-state index contributed by atoms with van der Waals surface area (Å²) in [5.41, 5.74) is 0.555. The number of carbonyl (C=O) groups is 1. The van der Waals surface area contributed by atoms with Crippen molar-refractivity contribution in [3.8, 4) is 0 Å². The molecule has 1 aromatic heterocycles. The largest absolute Gasteiger partial charge is 0.370 e. The first kappa shape index (κ1) is 14.8. The average molecular weight is 275 g/mol. The molecule has 4 heteroatoms. The molecule has 1 N–H and O–H groups in total. The first-order valence-electron chi connectivity index (χ1n) is 7.63. The Kier molecular flexibility index (Phi) is 4.99. The molecule has 1 aromatic rings. The zero-order chi connectivity index (χ0) is 14.5. The fourth-order valence-corrected chi connectivity index (χ4v) is 2.21. The van der Waals surface area contributed by atoms with Crippen LogP contribution in [-0.2, 0) is 0 Å². The van der Waals surface area contributed by atoms with Crippen LogP contribution in [0.2, 0.25) is 0 Å². The van der Waals surface area contributed by atoms with Crippen LogP contribution in [-0.4, -0.2) is 34.9 Å². The molecule has 20 heavy (non-hydrogen) atoms. The molecule has 0 saturated heterocycles. The van der Waals surface area contributed by atoms with Gasteiger partial charge in [0, 0.05) is 19.1 Å². The summed E-state index contributed by atoms with van der Waals surface area (Å²) >= 11 is 0. The molecular weight excluding hydrogens is 250 g/mol. The van der Waals surface area contributed by atoms with E-state index in [0.717, 1.165) is 38.2 Å². The van der Waals surface area contributed by atoms with Gasteiger partial charge in [0.1, 0.15) is 11.5 Å². The maximum absolute atomic E-state index is 12.6. The van der Waals surface area contributed by atoms with Gasteiger partial charge in [-0.05, 0) is 44.2 Å². The minimum Gasteiger partial charge on any atom is -0.370 e. The van der Waals surface area contributed by atoms with E-state index in [1.807, 2.05) is 30.0 Å². The maximum Gasteiger partial charge on any atom is 0.272 e. The Bertz CT molecular complexity index is 455. The lowest BCUT2D eigenvalue weighted by Crippen LogP contribution is -2.35. The highest BCUT2D eigenvalue weighted by atomic mass is 16.2. The Morgan fingerprint density at radius 1 is 1.45 bits per heavy atom. The van der Waals surface area contributed by atoms with Crippen LogP contribution in [0.25, 0.3) is 0 Å². The van der Waals surface area contributed by atoms with Crippen molar-refractivity contribution in [3.63, 3.8) is 0 Å². The van der Waals surface area contributed by atoms with Gasteiger partial charge >= 0.3 is 0 Å². The highest BCUT2D eigenvalue weighted by Gasteiger charge is 2.33. The maximum atomic E-state index is 12.6. The molecule has 1 aliphatic carbocycles. The van der Waals surface area contributed by atoms with Crippen molar-refractivity contribution in [2.45, 2.75) is 46.1 Å². The summed E-state index contributed by atoms with van der Waals surface area (Å²) in [5, 5.41) is 3.15. The van der Waals surface area contributed by atoms with Crippen molar-refractivity contribution in [3.05, 3.63) is 23.9 Å². The highest BCUT2D eigenvalue weighted by Crippen LogP contribution is 2.28. The highest BCUT2D eigenvalue weighted by molar-refractivity contribution is 5.93. The molecule has 1 heterocycles. The van der Waals surface area contributed by atoms with Gasteiger partial charge in [0.25, 0.3) is 5.91 Å². The molecule has 1 aliphatic rings. The Balaban J connectivity index is 2.08. The molecule has 0 atom stereocenters. The molecule has 0 aliphatic heterocycles. The lowest BCUT2D eigenvalue weighted by Gasteiger charge is -2.23. The molecule has 2 rings (SSSR count). The van der Waals surface area contributed by atoms with Gasteiger partial charge in [-0.25, -0.2) is 4.98 Å². The van der Waals surface area contributed by atoms with E-state index in [4.69, 9.17) is 0 Å². The molecule has 0 bridgehead atoms. The van der Waals surface area contributed by atoms with E-state index in [0.29, 0.717) is 17.7 Å². The van der Waals surface area contributed by atoms with Gasteiger partial charge in [-0.3, -0.25) is 4.79 Å².